The van der Waals surface area contributed by atoms with Crippen LogP contribution < -0.4 is 15.8 Å². The van der Waals surface area contributed by atoms with Crippen LogP contribution in [-0.4, -0.2) is 27.6 Å². The summed E-state index contributed by atoms with van der Waals surface area (Å²) in [5, 5.41) is 2.94. The van der Waals surface area contributed by atoms with Crippen LogP contribution in [0.15, 0.2) is 71.3 Å². The van der Waals surface area contributed by atoms with Crippen molar-refractivity contribution in [1.82, 2.24) is 19.9 Å². The first-order valence-corrected chi connectivity index (χ1v) is 10.1. The van der Waals surface area contributed by atoms with E-state index < -0.39 is 0 Å². The summed E-state index contributed by atoms with van der Waals surface area (Å²) in [7, 11) is 1.60. The van der Waals surface area contributed by atoms with Crippen LogP contribution in [0, 0.1) is 0 Å². The molecule has 160 valence electrons. The minimum absolute atomic E-state index is 0.282. The van der Waals surface area contributed by atoms with Gasteiger partial charge in [-0.3, -0.25) is 4.79 Å². The minimum Gasteiger partial charge on any atom is -0.496 e. The van der Waals surface area contributed by atoms with E-state index in [0.29, 0.717) is 40.3 Å². The van der Waals surface area contributed by atoms with Gasteiger partial charge in [0.25, 0.3) is 5.91 Å². The summed E-state index contributed by atoms with van der Waals surface area (Å²) in [4.78, 5) is 22.7. The van der Waals surface area contributed by atoms with E-state index in [1.807, 2.05) is 54.6 Å². The number of nitrogens with two attached hydrogens (primary N) is 1. The van der Waals surface area contributed by atoms with Crippen LogP contribution in [0.2, 0.25) is 0 Å². The van der Waals surface area contributed by atoms with Crippen molar-refractivity contribution in [3.8, 4) is 5.75 Å². The average molecular weight is 427 g/mol. The van der Waals surface area contributed by atoms with Gasteiger partial charge in [-0.15, -0.1) is 0 Å². The van der Waals surface area contributed by atoms with Crippen LogP contribution in [0.1, 0.15) is 21.7 Å². The number of para-hydroxylation sites is 3. The molecule has 0 radical (unpaired) electrons. The highest BCUT2D eigenvalue weighted by atomic mass is 16.5. The van der Waals surface area contributed by atoms with Crippen molar-refractivity contribution in [1.29, 1.82) is 0 Å². The largest absolute Gasteiger partial charge is 0.496 e. The molecule has 0 fully saturated rings. The number of fused-ring (bicyclic) bond motifs is 2. The fourth-order valence-corrected chi connectivity index (χ4v) is 3.77. The molecule has 0 aliphatic carbocycles. The van der Waals surface area contributed by atoms with Crippen LogP contribution in [0.25, 0.3) is 22.2 Å². The van der Waals surface area contributed by atoms with Crippen LogP contribution in [0.4, 0.5) is 5.82 Å². The predicted octanol–water partition coefficient (Wildman–Crippen LogP) is 3.75. The van der Waals surface area contributed by atoms with Gasteiger partial charge in [-0.2, -0.15) is 0 Å². The molecule has 1 amide bonds. The van der Waals surface area contributed by atoms with Crippen molar-refractivity contribution in [2.24, 2.45) is 0 Å². The van der Waals surface area contributed by atoms with E-state index in [2.05, 4.69) is 5.32 Å². The van der Waals surface area contributed by atoms with Crippen LogP contribution in [0.5, 0.6) is 5.75 Å². The molecule has 0 aliphatic rings. The lowest BCUT2D eigenvalue weighted by Gasteiger charge is -2.10. The zero-order valence-corrected chi connectivity index (χ0v) is 17.4. The van der Waals surface area contributed by atoms with Gasteiger partial charge in [-0.05, 0) is 30.3 Å². The Bertz CT molecular complexity index is 1420. The molecule has 2 aromatic carbocycles. The third-order valence-corrected chi connectivity index (χ3v) is 5.34. The van der Waals surface area contributed by atoms with Crippen molar-refractivity contribution < 1.29 is 13.9 Å². The van der Waals surface area contributed by atoms with Gasteiger partial charge < -0.3 is 24.8 Å². The number of methoxy groups -OCH3 is 1. The maximum absolute atomic E-state index is 13.3. The summed E-state index contributed by atoms with van der Waals surface area (Å²) in [5.74, 6) is 1.35. The van der Waals surface area contributed by atoms with Gasteiger partial charge in [-0.1, -0.05) is 30.3 Å². The number of aromatic nitrogens is 3. The molecular formula is C24H21N5O3. The van der Waals surface area contributed by atoms with Crippen molar-refractivity contribution in [2.45, 2.75) is 13.1 Å². The number of nitrogen functional groups attached to an aromatic ring is 1. The Kier molecular flexibility index (Phi) is 4.95. The summed E-state index contributed by atoms with van der Waals surface area (Å²) >= 11 is 0. The lowest BCUT2D eigenvalue weighted by molar-refractivity contribution is 0.0953. The van der Waals surface area contributed by atoms with Gasteiger partial charge in [-0.25, -0.2) is 9.97 Å². The van der Waals surface area contributed by atoms with E-state index in [4.69, 9.17) is 24.9 Å². The lowest BCUT2D eigenvalue weighted by atomic mass is 10.2. The summed E-state index contributed by atoms with van der Waals surface area (Å²) < 4.78 is 12.6. The van der Waals surface area contributed by atoms with E-state index in [9.17, 15) is 4.79 Å². The molecule has 3 heterocycles. The second-order valence-corrected chi connectivity index (χ2v) is 7.30. The number of ether oxygens (including phenoxy) is 1. The first-order valence-electron chi connectivity index (χ1n) is 10.1. The molecule has 3 N–H and O–H groups in total. The lowest BCUT2D eigenvalue weighted by Crippen LogP contribution is -2.24. The third kappa shape index (κ3) is 3.41. The number of rotatable bonds is 6. The Morgan fingerprint density at radius 3 is 2.56 bits per heavy atom. The molecule has 0 unspecified atom stereocenters. The molecule has 0 aliphatic heterocycles. The van der Waals surface area contributed by atoms with Gasteiger partial charge in [0, 0.05) is 12.1 Å². The van der Waals surface area contributed by atoms with Crippen molar-refractivity contribution in [3.63, 3.8) is 0 Å². The molecular weight excluding hydrogens is 406 g/mol. The number of furan rings is 1. The Morgan fingerprint density at radius 1 is 1.06 bits per heavy atom. The highest BCUT2D eigenvalue weighted by molar-refractivity contribution is 6.10. The maximum Gasteiger partial charge on any atom is 0.257 e. The number of hydrogen-bond acceptors (Lipinski definition) is 6. The summed E-state index contributed by atoms with van der Waals surface area (Å²) in [6.07, 6.45) is 1.60. The Balaban J connectivity index is 1.58. The van der Waals surface area contributed by atoms with Crippen molar-refractivity contribution in [3.05, 3.63) is 83.8 Å². The second kappa shape index (κ2) is 8.07. The van der Waals surface area contributed by atoms with Gasteiger partial charge in [0.1, 0.15) is 28.4 Å². The minimum atomic E-state index is -0.332. The maximum atomic E-state index is 13.3. The number of carbonyl (C=O) groups excluding carboxylic acids is 1. The van der Waals surface area contributed by atoms with E-state index >= 15 is 0 Å². The topological polar surface area (TPSA) is 108 Å². The standard InChI is InChI=1S/C24H21N5O3/c1-31-19-11-5-2-7-15(19)13-26-24(30)20-21-23(28-18-10-4-3-9-17(18)27-21)29(22(20)25)14-16-8-6-12-32-16/h2-12H,13-14,25H2,1H3,(H,26,30). The molecule has 0 spiro atoms. The molecule has 8 heteroatoms. The molecule has 0 bridgehead atoms. The zero-order valence-electron chi connectivity index (χ0n) is 17.4. The highest BCUT2D eigenvalue weighted by Gasteiger charge is 2.24. The predicted molar refractivity (Wildman–Crippen MR) is 121 cm³/mol. The van der Waals surface area contributed by atoms with Crippen LogP contribution in [-0.2, 0) is 13.1 Å². The number of nitrogens with one attached hydrogen (secondary N) is 1. The second-order valence-electron chi connectivity index (χ2n) is 7.30. The zero-order chi connectivity index (χ0) is 22.1. The summed E-state index contributed by atoms with van der Waals surface area (Å²) in [5.41, 5.74) is 10.0. The van der Waals surface area contributed by atoms with E-state index in [1.165, 1.54) is 0 Å². The molecule has 5 rings (SSSR count). The molecule has 32 heavy (non-hydrogen) atoms. The fourth-order valence-electron chi connectivity index (χ4n) is 3.77. The van der Waals surface area contributed by atoms with E-state index in [0.717, 1.165) is 11.1 Å². The fraction of sp³-hybridized carbons (Fsp3) is 0.125. The smallest absolute Gasteiger partial charge is 0.257 e. The number of hydrogen-bond donors (Lipinski definition) is 2. The molecule has 5 aromatic rings. The van der Waals surface area contributed by atoms with Gasteiger partial charge in [0.15, 0.2) is 5.65 Å². The van der Waals surface area contributed by atoms with Crippen LogP contribution >= 0.6 is 0 Å². The quantitative estimate of drug-likeness (QED) is 0.427. The van der Waals surface area contributed by atoms with Crippen molar-refractivity contribution >= 4 is 33.9 Å². The van der Waals surface area contributed by atoms with Gasteiger partial charge in [0.05, 0.1) is 31.0 Å². The average Bonchev–Trinajstić information content (AvgIpc) is 3.43. The number of benzene rings is 2. The SMILES string of the molecule is COc1ccccc1CNC(=O)c1c(N)n(Cc2ccco2)c2nc3ccccc3nc12. The van der Waals surface area contributed by atoms with E-state index in [-0.39, 0.29) is 18.3 Å². The Morgan fingerprint density at radius 2 is 1.81 bits per heavy atom. The first-order chi connectivity index (χ1) is 15.7. The first kappa shape index (κ1) is 19.6. The highest BCUT2D eigenvalue weighted by Crippen LogP contribution is 2.29. The monoisotopic (exact) mass is 427 g/mol. The summed E-state index contributed by atoms with van der Waals surface area (Å²) in [6, 6.07) is 18.7. The van der Waals surface area contributed by atoms with Crippen molar-refractivity contribution in [2.75, 3.05) is 12.8 Å². The molecule has 0 atom stereocenters. The molecule has 8 nitrogen and oxygen atoms in total. The number of carbonyl (C=O) groups is 1. The Labute approximate surface area is 183 Å². The summed E-state index contributed by atoms with van der Waals surface area (Å²) in [6.45, 7) is 0.621. The third-order valence-electron chi connectivity index (χ3n) is 5.34. The van der Waals surface area contributed by atoms with Gasteiger partial charge in [0.2, 0.25) is 0 Å². The number of nitrogens with zero attached hydrogens (tertiary/aromatic N) is 3. The van der Waals surface area contributed by atoms with E-state index in [1.54, 1.807) is 24.0 Å². The number of amides is 1. The normalized spacial score (nSPS) is 11.2. The number of anilines is 1. The van der Waals surface area contributed by atoms with Gasteiger partial charge >= 0.3 is 0 Å². The molecule has 3 aromatic heterocycles. The Hall–Kier alpha value is -4.33. The molecule has 0 saturated heterocycles. The molecule has 0 saturated carbocycles. The van der Waals surface area contributed by atoms with Crippen LogP contribution in [0.3, 0.4) is 0 Å².